The van der Waals surface area contributed by atoms with Gasteiger partial charge in [0.15, 0.2) is 0 Å². The summed E-state index contributed by atoms with van der Waals surface area (Å²) >= 11 is 1.47. The van der Waals surface area contributed by atoms with E-state index in [0.717, 1.165) is 11.2 Å². The quantitative estimate of drug-likeness (QED) is 0.790. The van der Waals surface area contributed by atoms with E-state index in [2.05, 4.69) is 4.98 Å². The number of halogens is 3. The minimum Gasteiger partial charge on any atom is -0.290 e. The summed E-state index contributed by atoms with van der Waals surface area (Å²) < 4.78 is 37.3. The molecule has 1 aromatic heterocycles. The standard InChI is InChI=1S/C11H9F3N2OS/c1-18-7-2-3-8-9(4-7)15-6-16(10(8)17)5-11(12,13)14/h2-4,6H,5H2,1H3. The fraction of sp³-hybridized carbons (Fsp3) is 0.273. The van der Waals surface area contributed by atoms with E-state index in [1.54, 1.807) is 12.1 Å². The van der Waals surface area contributed by atoms with Crippen molar-refractivity contribution in [3.63, 3.8) is 0 Å². The molecule has 18 heavy (non-hydrogen) atoms. The van der Waals surface area contributed by atoms with Crippen LogP contribution in [0, 0.1) is 0 Å². The van der Waals surface area contributed by atoms with Gasteiger partial charge in [-0.05, 0) is 24.5 Å². The number of rotatable bonds is 2. The molecule has 1 heterocycles. The Balaban J connectivity index is 2.55. The fourth-order valence-electron chi connectivity index (χ4n) is 1.57. The second-order valence-electron chi connectivity index (χ2n) is 3.68. The van der Waals surface area contributed by atoms with Crippen molar-refractivity contribution in [1.29, 1.82) is 0 Å². The van der Waals surface area contributed by atoms with Crippen LogP contribution in [0.5, 0.6) is 0 Å². The Bertz CT molecular complexity index is 636. The Morgan fingerprint density at radius 1 is 1.39 bits per heavy atom. The zero-order valence-electron chi connectivity index (χ0n) is 9.36. The average molecular weight is 274 g/mol. The molecule has 0 spiro atoms. The number of alkyl halides is 3. The van der Waals surface area contributed by atoms with E-state index in [1.165, 1.54) is 17.8 Å². The lowest BCUT2D eigenvalue weighted by molar-refractivity contribution is -0.141. The van der Waals surface area contributed by atoms with Gasteiger partial charge in [0, 0.05) is 4.90 Å². The molecule has 0 aliphatic rings. The third-order valence-corrected chi connectivity index (χ3v) is 3.11. The predicted octanol–water partition coefficient (Wildman–Crippen LogP) is 2.68. The molecule has 0 saturated carbocycles. The minimum absolute atomic E-state index is 0.194. The highest BCUT2D eigenvalue weighted by atomic mass is 32.2. The molecular weight excluding hydrogens is 265 g/mol. The van der Waals surface area contributed by atoms with Crippen LogP contribution in [0.1, 0.15) is 0 Å². The Morgan fingerprint density at radius 3 is 2.72 bits per heavy atom. The summed E-state index contributed by atoms with van der Waals surface area (Å²) in [6.07, 6.45) is -1.63. The molecule has 1 aromatic carbocycles. The van der Waals surface area contributed by atoms with Gasteiger partial charge < -0.3 is 0 Å². The van der Waals surface area contributed by atoms with E-state index in [4.69, 9.17) is 0 Å². The monoisotopic (exact) mass is 274 g/mol. The molecule has 0 bridgehead atoms. The number of benzene rings is 1. The number of hydrogen-bond acceptors (Lipinski definition) is 3. The minimum atomic E-state index is -4.43. The number of hydrogen-bond donors (Lipinski definition) is 0. The van der Waals surface area contributed by atoms with Crippen molar-refractivity contribution in [2.45, 2.75) is 17.6 Å². The lowest BCUT2D eigenvalue weighted by Crippen LogP contribution is -2.28. The van der Waals surface area contributed by atoms with Gasteiger partial charge >= 0.3 is 6.18 Å². The third-order valence-electron chi connectivity index (χ3n) is 2.38. The SMILES string of the molecule is CSc1ccc2c(=O)n(CC(F)(F)F)cnc2c1. The molecule has 96 valence electrons. The maximum Gasteiger partial charge on any atom is 0.406 e. The van der Waals surface area contributed by atoms with Crippen LogP contribution in [0.25, 0.3) is 10.9 Å². The van der Waals surface area contributed by atoms with Crippen molar-refractivity contribution < 1.29 is 13.2 Å². The zero-order chi connectivity index (χ0) is 13.3. The number of fused-ring (bicyclic) bond motifs is 1. The molecule has 0 aliphatic carbocycles. The van der Waals surface area contributed by atoms with Gasteiger partial charge in [-0.3, -0.25) is 9.36 Å². The second kappa shape index (κ2) is 4.64. The fourth-order valence-corrected chi connectivity index (χ4v) is 2.00. The van der Waals surface area contributed by atoms with E-state index in [1.807, 2.05) is 6.26 Å². The lowest BCUT2D eigenvalue weighted by Gasteiger charge is -2.09. The van der Waals surface area contributed by atoms with Crippen LogP contribution in [0.15, 0.2) is 34.2 Å². The van der Waals surface area contributed by atoms with Crippen LogP contribution in [0.3, 0.4) is 0 Å². The summed E-state index contributed by atoms with van der Waals surface area (Å²) in [6, 6.07) is 4.87. The molecular formula is C11H9F3N2OS. The molecule has 7 heteroatoms. The van der Waals surface area contributed by atoms with Gasteiger partial charge in [0.25, 0.3) is 5.56 Å². The number of thioether (sulfide) groups is 1. The first kappa shape index (κ1) is 12.9. The van der Waals surface area contributed by atoms with Crippen LogP contribution in [0.2, 0.25) is 0 Å². The van der Waals surface area contributed by atoms with Crippen LogP contribution >= 0.6 is 11.8 Å². The maximum absolute atomic E-state index is 12.2. The highest BCUT2D eigenvalue weighted by Gasteiger charge is 2.28. The molecule has 0 aliphatic heterocycles. The summed E-state index contributed by atoms with van der Waals surface area (Å²) in [5.74, 6) is 0. The molecule has 0 atom stereocenters. The van der Waals surface area contributed by atoms with Gasteiger partial charge in [-0.1, -0.05) is 0 Å². The van der Waals surface area contributed by atoms with E-state index in [-0.39, 0.29) is 5.39 Å². The number of nitrogens with zero attached hydrogens (tertiary/aromatic N) is 2. The van der Waals surface area contributed by atoms with E-state index < -0.39 is 18.3 Å². The molecule has 0 unspecified atom stereocenters. The summed E-state index contributed by atoms with van der Waals surface area (Å²) in [5, 5.41) is 0.194. The van der Waals surface area contributed by atoms with Crippen LogP contribution in [-0.2, 0) is 6.54 Å². The van der Waals surface area contributed by atoms with Crippen molar-refractivity contribution in [3.05, 3.63) is 34.9 Å². The number of aromatic nitrogens is 2. The summed E-state index contributed by atoms with van der Waals surface area (Å²) in [6.45, 7) is -1.32. The van der Waals surface area contributed by atoms with Gasteiger partial charge in [-0.15, -0.1) is 11.8 Å². The van der Waals surface area contributed by atoms with Gasteiger partial charge in [0.2, 0.25) is 0 Å². The molecule has 0 radical (unpaired) electrons. The largest absolute Gasteiger partial charge is 0.406 e. The van der Waals surface area contributed by atoms with Crippen molar-refractivity contribution in [1.82, 2.24) is 9.55 Å². The Morgan fingerprint density at radius 2 is 2.11 bits per heavy atom. The highest BCUT2D eigenvalue weighted by molar-refractivity contribution is 7.98. The Labute approximate surface area is 105 Å². The lowest BCUT2D eigenvalue weighted by atomic mass is 10.2. The van der Waals surface area contributed by atoms with Crippen LogP contribution in [0.4, 0.5) is 13.2 Å². The van der Waals surface area contributed by atoms with Crippen LogP contribution in [-0.4, -0.2) is 22.0 Å². The van der Waals surface area contributed by atoms with Crippen molar-refractivity contribution in [2.75, 3.05) is 6.26 Å². The molecule has 2 rings (SSSR count). The van der Waals surface area contributed by atoms with Gasteiger partial charge in [0.05, 0.1) is 17.2 Å². The first-order valence-corrected chi connectivity index (χ1v) is 6.23. The van der Waals surface area contributed by atoms with E-state index in [9.17, 15) is 18.0 Å². The van der Waals surface area contributed by atoms with Gasteiger partial charge in [0.1, 0.15) is 6.54 Å². The van der Waals surface area contributed by atoms with Crippen molar-refractivity contribution in [3.8, 4) is 0 Å². The smallest absolute Gasteiger partial charge is 0.290 e. The van der Waals surface area contributed by atoms with Crippen molar-refractivity contribution in [2.24, 2.45) is 0 Å². The normalized spacial score (nSPS) is 12.0. The summed E-state index contributed by atoms with van der Waals surface area (Å²) in [4.78, 5) is 16.6. The average Bonchev–Trinajstić information content (AvgIpc) is 2.31. The first-order chi connectivity index (χ1) is 8.40. The predicted molar refractivity (Wildman–Crippen MR) is 63.8 cm³/mol. The highest BCUT2D eigenvalue weighted by Crippen LogP contribution is 2.19. The molecule has 0 fully saturated rings. The van der Waals surface area contributed by atoms with Crippen LogP contribution < -0.4 is 5.56 Å². The molecule has 3 nitrogen and oxygen atoms in total. The zero-order valence-corrected chi connectivity index (χ0v) is 10.2. The maximum atomic E-state index is 12.2. The second-order valence-corrected chi connectivity index (χ2v) is 4.56. The molecule has 0 N–H and O–H groups in total. The van der Waals surface area contributed by atoms with Gasteiger partial charge in [-0.25, -0.2) is 4.98 Å². The Hall–Kier alpha value is -1.50. The molecule has 0 amide bonds. The van der Waals surface area contributed by atoms with Gasteiger partial charge in [-0.2, -0.15) is 13.2 Å². The molecule has 2 aromatic rings. The molecule has 0 saturated heterocycles. The summed E-state index contributed by atoms with van der Waals surface area (Å²) in [5.41, 5.74) is -0.268. The summed E-state index contributed by atoms with van der Waals surface area (Å²) in [7, 11) is 0. The Kier molecular flexibility index (Phi) is 3.34. The third kappa shape index (κ3) is 2.66. The first-order valence-electron chi connectivity index (χ1n) is 5.00. The van der Waals surface area contributed by atoms with E-state index in [0.29, 0.717) is 10.1 Å². The van der Waals surface area contributed by atoms with E-state index >= 15 is 0 Å². The van der Waals surface area contributed by atoms with Crippen molar-refractivity contribution >= 4 is 22.7 Å². The topological polar surface area (TPSA) is 34.9 Å².